The van der Waals surface area contributed by atoms with Gasteiger partial charge in [0, 0.05) is 11.6 Å². The van der Waals surface area contributed by atoms with Gasteiger partial charge >= 0.3 is 14.8 Å². The summed E-state index contributed by atoms with van der Waals surface area (Å²) in [5.74, 6) is -0.350. The lowest BCUT2D eigenvalue weighted by Crippen LogP contribution is -2.53. The molecule has 0 aromatic carbocycles. The highest BCUT2D eigenvalue weighted by Gasteiger charge is 2.43. The molecular weight excluding hydrogens is 348 g/mol. The van der Waals surface area contributed by atoms with Gasteiger partial charge < -0.3 is 17.1 Å². The molecule has 3 radical (unpaired) electrons. The SMILES string of the molecule is C=C(C)C(=O)OCCC[Si](O[Si](C)C)(O[Si](C)C)O[Si](C)C. The van der Waals surface area contributed by atoms with Crippen LogP contribution in [0.15, 0.2) is 12.2 Å². The minimum atomic E-state index is -2.66. The van der Waals surface area contributed by atoms with Gasteiger partial charge in [0.2, 0.25) is 0 Å². The number of hydrogen-bond donors (Lipinski definition) is 0. The Hall–Kier alpha value is -0.0425. The van der Waals surface area contributed by atoms with E-state index in [4.69, 9.17) is 17.1 Å². The number of carbonyl (C=O) groups is 1. The molecule has 9 heteroatoms. The van der Waals surface area contributed by atoms with Gasteiger partial charge in [-0.1, -0.05) is 6.58 Å². The molecule has 0 heterocycles. The molecule has 127 valence electrons. The molecule has 5 nitrogen and oxygen atoms in total. The van der Waals surface area contributed by atoms with Crippen LogP contribution in [0.5, 0.6) is 0 Å². The summed E-state index contributed by atoms with van der Waals surface area (Å²) in [6, 6.07) is 0.692. The van der Waals surface area contributed by atoms with Crippen molar-refractivity contribution in [3.8, 4) is 0 Å². The molecule has 0 aromatic heterocycles. The Labute approximate surface area is 141 Å². The summed E-state index contributed by atoms with van der Waals surface area (Å²) >= 11 is 0. The van der Waals surface area contributed by atoms with Crippen LogP contribution in [0.25, 0.3) is 0 Å². The third-order valence-electron chi connectivity index (χ3n) is 2.29. The van der Waals surface area contributed by atoms with E-state index in [1.54, 1.807) is 6.92 Å². The van der Waals surface area contributed by atoms with Crippen LogP contribution in [-0.4, -0.2) is 48.5 Å². The van der Waals surface area contributed by atoms with Gasteiger partial charge in [-0.2, -0.15) is 0 Å². The van der Waals surface area contributed by atoms with Crippen LogP contribution in [0.3, 0.4) is 0 Å². The predicted molar refractivity (Wildman–Crippen MR) is 96.7 cm³/mol. The van der Waals surface area contributed by atoms with E-state index in [9.17, 15) is 4.79 Å². The maximum Gasteiger partial charge on any atom is 0.469 e. The molecule has 0 aliphatic carbocycles. The summed E-state index contributed by atoms with van der Waals surface area (Å²) in [5, 5.41) is 0. The first-order valence-electron chi connectivity index (χ1n) is 7.38. The summed E-state index contributed by atoms with van der Waals surface area (Å²) in [5.41, 5.74) is 0.417. The van der Waals surface area contributed by atoms with Crippen molar-refractivity contribution in [3.05, 3.63) is 12.2 Å². The highest BCUT2D eigenvalue weighted by molar-refractivity contribution is 6.79. The van der Waals surface area contributed by atoms with Crippen LogP contribution in [-0.2, 0) is 21.9 Å². The molecule has 0 bridgehead atoms. The number of rotatable bonds is 11. The molecule has 0 spiro atoms. The van der Waals surface area contributed by atoms with Crippen molar-refractivity contribution in [1.29, 1.82) is 0 Å². The summed E-state index contributed by atoms with van der Waals surface area (Å²) < 4.78 is 23.8. The van der Waals surface area contributed by atoms with Crippen molar-refractivity contribution >= 4 is 41.9 Å². The van der Waals surface area contributed by atoms with Crippen molar-refractivity contribution in [2.45, 2.75) is 58.7 Å². The second-order valence-electron chi connectivity index (χ2n) is 5.73. The Morgan fingerprint density at radius 2 is 1.36 bits per heavy atom. The van der Waals surface area contributed by atoms with Crippen LogP contribution >= 0.6 is 0 Å². The molecule has 0 aliphatic heterocycles. The maximum absolute atomic E-state index is 11.4. The molecule has 0 N–H and O–H groups in total. The lowest BCUT2D eigenvalue weighted by molar-refractivity contribution is -0.138. The van der Waals surface area contributed by atoms with Gasteiger partial charge in [0.25, 0.3) is 0 Å². The van der Waals surface area contributed by atoms with Gasteiger partial charge in [0.1, 0.15) is 0 Å². The van der Waals surface area contributed by atoms with Crippen LogP contribution in [0.2, 0.25) is 45.3 Å². The van der Waals surface area contributed by atoms with Crippen LogP contribution in [0, 0.1) is 0 Å². The average Bonchev–Trinajstić information content (AvgIpc) is 2.31. The van der Waals surface area contributed by atoms with Gasteiger partial charge in [-0.15, -0.1) is 0 Å². The predicted octanol–water partition coefficient (Wildman–Crippen LogP) is 3.24. The average molecular weight is 378 g/mol. The first-order chi connectivity index (χ1) is 10.1. The maximum atomic E-state index is 11.4. The molecule has 0 saturated heterocycles. The van der Waals surface area contributed by atoms with Gasteiger partial charge in [-0.25, -0.2) is 4.79 Å². The van der Waals surface area contributed by atoms with E-state index in [0.717, 1.165) is 0 Å². The zero-order valence-corrected chi connectivity index (χ0v) is 18.9. The van der Waals surface area contributed by atoms with Crippen molar-refractivity contribution in [3.63, 3.8) is 0 Å². The summed E-state index contributed by atoms with van der Waals surface area (Å²) in [6.07, 6.45) is 0.685. The normalized spacial score (nSPS) is 12.3. The number of hydrogen-bond acceptors (Lipinski definition) is 5. The number of ether oxygens (including phenoxy) is 1. The van der Waals surface area contributed by atoms with Crippen molar-refractivity contribution < 1.29 is 21.9 Å². The van der Waals surface area contributed by atoms with Crippen LogP contribution in [0.4, 0.5) is 0 Å². The minimum absolute atomic E-state index is 0.344. The monoisotopic (exact) mass is 377 g/mol. The van der Waals surface area contributed by atoms with E-state index in [2.05, 4.69) is 45.9 Å². The number of carbonyl (C=O) groups excluding carboxylic acids is 1. The van der Waals surface area contributed by atoms with E-state index < -0.39 is 35.9 Å². The molecule has 0 aliphatic rings. The van der Waals surface area contributed by atoms with Crippen molar-refractivity contribution in [1.82, 2.24) is 0 Å². The van der Waals surface area contributed by atoms with Gasteiger partial charge in [-0.05, 0) is 52.6 Å². The van der Waals surface area contributed by atoms with Gasteiger partial charge in [0.05, 0.1) is 6.61 Å². The second kappa shape index (κ2) is 10.7. The van der Waals surface area contributed by atoms with E-state index in [0.29, 0.717) is 24.6 Å². The molecule has 0 amide bonds. The number of esters is 1. The van der Waals surface area contributed by atoms with E-state index >= 15 is 0 Å². The lowest BCUT2D eigenvalue weighted by atomic mass is 10.4. The highest BCUT2D eigenvalue weighted by atomic mass is 28.5. The standard InChI is InChI=1S/C13H29O5Si4/c1-12(2)13(14)15-10-9-11-22(16-19(3)4,17-20(5)6)18-21(7)8/h1,9-11H2,2-8H3. The van der Waals surface area contributed by atoms with E-state index in [1.165, 1.54) is 0 Å². The molecule has 0 atom stereocenters. The Kier molecular flexibility index (Phi) is 10.7. The van der Waals surface area contributed by atoms with Gasteiger partial charge in [0.15, 0.2) is 27.1 Å². The Bertz CT molecular complexity index is 334. The van der Waals surface area contributed by atoms with E-state index in [-0.39, 0.29) is 5.97 Å². The summed E-state index contributed by atoms with van der Waals surface area (Å²) in [6.45, 7) is 18.1. The Balaban J connectivity index is 4.73. The van der Waals surface area contributed by atoms with E-state index in [1.807, 2.05) is 0 Å². The minimum Gasteiger partial charge on any atom is -0.462 e. The highest BCUT2D eigenvalue weighted by Crippen LogP contribution is 2.21. The molecule has 0 unspecified atom stereocenters. The lowest BCUT2D eigenvalue weighted by Gasteiger charge is -2.34. The molecule has 0 aromatic rings. The van der Waals surface area contributed by atoms with Crippen LogP contribution in [0.1, 0.15) is 13.3 Å². The largest absolute Gasteiger partial charge is 0.469 e. The summed E-state index contributed by atoms with van der Waals surface area (Å²) in [7, 11) is -5.44. The fourth-order valence-corrected chi connectivity index (χ4v) is 12.6. The van der Waals surface area contributed by atoms with Crippen molar-refractivity contribution in [2.24, 2.45) is 0 Å². The molecule has 0 rings (SSSR count). The first-order valence-corrected chi connectivity index (χ1v) is 16.5. The summed E-state index contributed by atoms with van der Waals surface area (Å²) in [4.78, 5) is 11.4. The zero-order chi connectivity index (χ0) is 17.3. The molecule has 22 heavy (non-hydrogen) atoms. The third-order valence-corrected chi connectivity index (χ3v) is 11.9. The topological polar surface area (TPSA) is 54.0 Å². The Morgan fingerprint density at radius 3 is 1.68 bits per heavy atom. The fraction of sp³-hybridized carbons (Fsp3) is 0.769. The molecular formula is C13H29O5Si4. The molecule has 0 saturated carbocycles. The zero-order valence-electron chi connectivity index (χ0n) is 14.9. The fourth-order valence-electron chi connectivity index (χ4n) is 1.73. The first kappa shape index (κ1) is 22.0. The smallest absolute Gasteiger partial charge is 0.462 e. The second-order valence-corrected chi connectivity index (χ2v) is 15.5. The molecule has 0 fully saturated rings. The Morgan fingerprint density at radius 1 is 0.955 bits per heavy atom. The van der Waals surface area contributed by atoms with Gasteiger partial charge in [-0.3, -0.25) is 0 Å². The van der Waals surface area contributed by atoms with Crippen LogP contribution < -0.4 is 0 Å². The third kappa shape index (κ3) is 9.87. The van der Waals surface area contributed by atoms with Crippen molar-refractivity contribution in [2.75, 3.05) is 6.61 Å². The quantitative estimate of drug-likeness (QED) is 0.239.